The minimum atomic E-state index is -4.05. The van der Waals surface area contributed by atoms with Crippen molar-refractivity contribution in [3.63, 3.8) is 0 Å². The van der Waals surface area contributed by atoms with Gasteiger partial charge >= 0.3 is 0 Å². The number of fused-ring (bicyclic) bond motifs is 2. The van der Waals surface area contributed by atoms with Crippen molar-refractivity contribution in [2.75, 3.05) is 23.0 Å². The molecule has 0 radical (unpaired) electrons. The molecule has 0 atom stereocenters. The fourth-order valence-electron chi connectivity index (χ4n) is 5.14. The molecular weight excluding hydrogens is 576 g/mol. The minimum Gasteiger partial charge on any atom is -0.438 e. The number of pyridine rings is 1. The number of ether oxygens (including phenoxy) is 1. The molecule has 0 fully saturated rings. The summed E-state index contributed by atoms with van der Waals surface area (Å²) in [5.74, 6) is 0.639. The van der Waals surface area contributed by atoms with E-state index in [0.717, 1.165) is 33.4 Å². The van der Waals surface area contributed by atoms with Gasteiger partial charge in [0.2, 0.25) is 17.1 Å². The molecule has 9 nitrogen and oxygen atoms in total. The molecule has 0 unspecified atom stereocenters. The van der Waals surface area contributed by atoms with Crippen molar-refractivity contribution < 1.29 is 35.2 Å². The number of para-hydroxylation sites is 1. The van der Waals surface area contributed by atoms with Crippen molar-refractivity contribution in [3.05, 3.63) is 96.5 Å². The zero-order valence-electron chi connectivity index (χ0n) is 23.0. The van der Waals surface area contributed by atoms with Crippen molar-refractivity contribution in [1.82, 2.24) is 0 Å². The molecule has 0 amide bonds. The SMILES string of the molecule is O=S(=O)(O)CCCCN1C(=Cc2ccc3ccccc3[n+]2CCCCS(=O)(=O)O)Oc2ccc(-c3ccccc3)cc21. The summed E-state index contributed by atoms with van der Waals surface area (Å²) in [6, 6.07) is 27.9. The first-order valence-corrected chi connectivity index (χ1v) is 17.0. The lowest BCUT2D eigenvalue weighted by atomic mass is 10.0. The third-order valence-electron chi connectivity index (χ3n) is 7.15. The van der Waals surface area contributed by atoms with Gasteiger partial charge in [-0.05, 0) is 54.7 Å². The van der Waals surface area contributed by atoms with E-state index in [9.17, 15) is 21.4 Å². The van der Waals surface area contributed by atoms with E-state index in [4.69, 9.17) is 9.29 Å². The van der Waals surface area contributed by atoms with Crippen LogP contribution in [0.2, 0.25) is 0 Å². The van der Waals surface area contributed by atoms with Gasteiger partial charge in [-0.1, -0.05) is 48.5 Å². The average molecular weight is 610 g/mol. The quantitative estimate of drug-likeness (QED) is 0.126. The average Bonchev–Trinajstić information content (AvgIpc) is 3.29. The molecule has 42 heavy (non-hydrogen) atoms. The molecule has 0 saturated carbocycles. The largest absolute Gasteiger partial charge is 0.438 e. The zero-order valence-corrected chi connectivity index (χ0v) is 24.6. The maximum Gasteiger partial charge on any atom is 0.264 e. The van der Waals surface area contributed by atoms with Crippen LogP contribution in [-0.4, -0.2) is 44.0 Å². The topological polar surface area (TPSA) is 125 Å². The first-order valence-electron chi connectivity index (χ1n) is 13.8. The highest BCUT2D eigenvalue weighted by molar-refractivity contribution is 7.86. The van der Waals surface area contributed by atoms with Crippen LogP contribution in [-0.2, 0) is 26.8 Å². The van der Waals surface area contributed by atoms with Gasteiger partial charge < -0.3 is 9.64 Å². The van der Waals surface area contributed by atoms with Crippen molar-refractivity contribution in [3.8, 4) is 16.9 Å². The molecule has 5 rings (SSSR count). The van der Waals surface area contributed by atoms with E-state index in [1.165, 1.54) is 0 Å². The molecule has 1 aromatic heterocycles. The van der Waals surface area contributed by atoms with E-state index in [1.807, 2.05) is 89.8 Å². The predicted molar refractivity (Wildman–Crippen MR) is 163 cm³/mol. The van der Waals surface area contributed by atoms with E-state index >= 15 is 0 Å². The predicted octanol–water partition coefficient (Wildman–Crippen LogP) is 5.33. The molecule has 2 N–H and O–H groups in total. The molecule has 1 aliphatic heterocycles. The summed E-state index contributed by atoms with van der Waals surface area (Å²) in [4.78, 5) is 2.02. The first kappa shape index (κ1) is 29.7. The normalized spacial score (nSPS) is 14.3. The van der Waals surface area contributed by atoms with E-state index in [2.05, 4.69) is 10.6 Å². The van der Waals surface area contributed by atoms with E-state index < -0.39 is 20.2 Å². The lowest BCUT2D eigenvalue weighted by Gasteiger charge is -2.18. The van der Waals surface area contributed by atoms with Gasteiger partial charge in [-0.2, -0.15) is 21.4 Å². The van der Waals surface area contributed by atoms with Crippen LogP contribution >= 0.6 is 0 Å². The number of nitrogens with zero attached hydrogens (tertiary/aromatic N) is 2. The Balaban J connectivity index is 1.50. The van der Waals surface area contributed by atoms with Crippen molar-refractivity contribution >= 4 is 42.9 Å². The highest BCUT2D eigenvalue weighted by Gasteiger charge is 2.28. The van der Waals surface area contributed by atoms with Crippen LogP contribution in [0, 0.1) is 0 Å². The van der Waals surface area contributed by atoms with Crippen molar-refractivity contribution in [1.29, 1.82) is 0 Å². The molecule has 3 aromatic carbocycles. The van der Waals surface area contributed by atoms with Crippen LogP contribution in [0.5, 0.6) is 5.75 Å². The molecule has 4 aromatic rings. The number of benzene rings is 3. The third kappa shape index (κ3) is 7.54. The fourth-order valence-corrected chi connectivity index (χ4v) is 6.28. The van der Waals surface area contributed by atoms with Crippen LogP contribution in [0.15, 0.2) is 90.8 Å². The van der Waals surface area contributed by atoms with Crippen LogP contribution in [0.25, 0.3) is 28.1 Å². The molecular formula is C31H33N2O7S2+. The van der Waals surface area contributed by atoms with Crippen molar-refractivity contribution in [2.24, 2.45) is 0 Å². The number of aromatic nitrogens is 1. The minimum absolute atomic E-state index is 0.292. The number of anilines is 1. The van der Waals surface area contributed by atoms with Gasteiger partial charge in [0.1, 0.15) is 6.54 Å². The fraction of sp³-hybridized carbons (Fsp3) is 0.258. The standard InChI is InChI=1S/C31H32N2O7S2/c34-41(35,36)20-8-6-18-32-27(16-14-25-12-4-5-13-28(25)32)23-31-33(19-7-9-21-42(37,38)39)29-22-26(15-17-30(29)40-31)24-10-2-1-3-11-24/h1-5,10-17,22-23H,6-9,18-21H2,(H-,34,35,36,37,38,39)/p+1. The summed E-state index contributed by atoms with van der Waals surface area (Å²) in [6.07, 6.45) is 3.58. The van der Waals surface area contributed by atoms with Crippen LogP contribution < -0.4 is 14.2 Å². The van der Waals surface area contributed by atoms with E-state index in [-0.39, 0.29) is 11.5 Å². The summed E-state index contributed by atoms with van der Waals surface area (Å²) < 4.78 is 71.9. The van der Waals surface area contributed by atoms with Crippen LogP contribution in [0.1, 0.15) is 31.4 Å². The van der Waals surface area contributed by atoms with Gasteiger partial charge in [-0.15, -0.1) is 0 Å². The molecule has 0 aliphatic carbocycles. The molecule has 0 saturated heterocycles. The van der Waals surface area contributed by atoms with Gasteiger partial charge in [0.05, 0.1) is 23.3 Å². The Morgan fingerprint density at radius 2 is 1.43 bits per heavy atom. The van der Waals surface area contributed by atoms with E-state index in [1.54, 1.807) is 0 Å². The highest BCUT2D eigenvalue weighted by Crippen LogP contribution is 2.42. The molecule has 0 spiro atoms. The van der Waals surface area contributed by atoms with Gasteiger partial charge in [-0.3, -0.25) is 9.11 Å². The first-order chi connectivity index (χ1) is 20.1. The smallest absolute Gasteiger partial charge is 0.264 e. The van der Waals surface area contributed by atoms with Crippen molar-refractivity contribution in [2.45, 2.75) is 32.2 Å². The molecule has 220 valence electrons. The van der Waals surface area contributed by atoms with Gasteiger partial charge in [0.15, 0.2) is 5.75 Å². The number of rotatable bonds is 12. The monoisotopic (exact) mass is 609 g/mol. The number of aryl methyl sites for hydroxylation is 1. The third-order valence-corrected chi connectivity index (χ3v) is 8.76. The number of hydrogen-bond acceptors (Lipinski definition) is 6. The Labute approximate surface area is 246 Å². The summed E-state index contributed by atoms with van der Waals surface area (Å²) in [7, 11) is -8.09. The molecule has 11 heteroatoms. The highest BCUT2D eigenvalue weighted by atomic mass is 32.2. The summed E-state index contributed by atoms with van der Waals surface area (Å²) in [5.41, 5.74) is 4.74. The summed E-state index contributed by atoms with van der Waals surface area (Å²) >= 11 is 0. The van der Waals surface area contributed by atoms with Gasteiger partial charge in [0, 0.05) is 30.5 Å². The maximum absolute atomic E-state index is 11.3. The molecule has 2 heterocycles. The Kier molecular flexibility index (Phi) is 8.93. The zero-order chi connectivity index (χ0) is 29.7. The maximum atomic E-state index is 11.3. The van der Waals surface area contributed by atoms with Crippen LogP contribution in [0.4, 0.5) is 5.69 Å². The number of hydrogen-bond donors (Lipinski definition) is 2. The molecule has 1 aliphatic rings. The number of unbranched alkanes of at least 4 members (excludes halogenated alkanes) is 2. The lowest BCUT2D eigenvalue weighted by Crippen LogP contribution is -2.38. The van der Waals surface area contributed by atoms with Gasteiger partial charge in [-0.25, -0.2) is 0 Å². The second-order valence-electron chi connectivity index (χ2n) is 10.2. The van der Waals surface area contributed by atoms with Gasteiger partial charge in [0.25, 0.3) is 20.2 Å². The summed E-state index contributed by atoms with van der Waals surface area (Å²) in [6.45, 7) is 0.990. The Morgan fingerprint density at radius 3 is 2.17 bits per heavy atom. The molecule has 0 bridgehead atoms. The Bertz CT molecular complexity index is 1820. The second kappa shape index (κ2) is 12.6. The Hall–Kier alpha value is -3.77. The van der Waals surface area contributed by atoms with Crippen LogP contribution in [0.3, 0.4) is 0 Å². The second-order valence-corrected chi connectivity index (χ2v) is 13.4. The lowest BCUT2D eigenvalue weighted by molar-refractivity contribution is -0.673. The Morgan fingerprint density at radius 1 is 0.738 bits per heavy atom. The van der Waals surface area contributed by atoms with E-state index in [0.29, 0.717) is 50.4 Å². The summed E-state index contributed by atoms with van der Waals surface area (Å²) in [5, 5.41) is 1.03.